The first-order chi connectivity index (χ1) is 9.86. The van der Waals surface area contributed by atoms with E-state index in [1.807, 2.05) is 12.1 Å². The number of hydrogen-bond acceptors (Lipinski definition) is 4. The first-order valence-corrected chi connectivity index (χ1v) is 7.35. The summed E-state index contributed by atoms with van der Waals surface area (Å²) in [5.74, 6) is 0.856. The van der Waals surface area contributed by atoms with Gasteiger partial charge in [0.05, 0.1) is 11.7 Å². The fraction of sp³-hybridized carbons (Fsp3) is 0.125. The van der Waals surface area contributed by atoms with Crippen molar-refractivity contribution >= 4 is 17.0 Å². The minimum absolute atomic E-state index is 0.238. The fourth-order valence-corrected chi connectivity index (χ4v) is 2.83. The van der Waals surface area contributed by atoms with Gasteiger partial charge in [-0.3, -0.25) is 0 Å². The first-order valence-electron chi connectivity index (χ1n) is 6.48. The molecule has 1 aromatic heterocycles. The Bertz CT molecular complexity index is 602. The van der Waals surface area contributed by atoms with E-state index in [0.717, 1.165) is 17.0 Å². The van der Waals surface area contributed by atoms with Crippen LogP contribution in [0.2, 0.25) is 0 Å². The lowest BCUT2D eigenvalue weighted by molar-refractivity contribution is 0.363. The van der Waals surface area contributed by atoms with Gasteiger partial charge in [0.2, 0.25) is 0 Å². The second kappa shape index (κ2) is 5.94. The maximum atomic E-state index is 5.48. The number of nitrogens with one attached hydrogen (secondary N) is 2. The zero-order valence-electron chi connectivity index (χ0n) is 11.0. The third-order valence-electron chi connectivity index (χ3n) is 3.08. The summed E-state index contributed by atoms with van der Waals surface area (Å²) >= 11 is 1.75. The molecule has 1 aliphatic rings. The average Bonchev–Trinajstić information content (AvgIpc) is 3.16. The largest absolute Gasteiger partial charge is 0.490 e. The molecule has 1 aromatic carbocycles. The molecule has 0 spiro atoms. The van der Waals surface area contributed by atoms with Crippen molar-refractivity contribution < 1.29 is 4.74 Å². The van der Waals surface area contributed by atoms with E-state index in [4.69, 9.17) is 4.74 Å². The molecule has 2 heterocycles. The Labute approximate surface area is 122 Å². The van der Waals surface area contributed by atoms with Gasteiger partial charge in [0.15, 0.2) is 0 Å². The third-order valence-corrected chi connectivity index (χ3v) is 4.03. The topological polar surface area (TPSA) is 33.3 Å². The van der Waals surface area contributed by atoms with E-state index in [9.17, 15) is 0 Å². The van der Waals surface area contributed by atoms with Crippen molar-refractivity contribution in [3.8, 4) is 5.75 Å². The van der Waals surface area contributed by atoms with Gasteiger partial charge in [0.25, 0.3) is 0 Å². The normalized spacial score (nSPS) is 17.4. The van der Waals surface area contributed by atoms with Gasteiger partial charge in [-0.25, -0.2) is 5.43 Å². The molecule has 4 heteroatoms. The molecule has 2 N–H and O–H groups in total. The highest BCUT2D eigenvalue weighted by atomic mass is 32.1. The molecule has 0 saturated carbocycles. The van der Waals surface area contributed by atoms with Gasteiger partial charge in [-0.1, -0.05) is 18.7 Å². The molecule has 1 atom stereocenters. The van der Waals surface area contributed by atoms with E-state index < -0.39 is 0 Å². The molecule has 0 aliphatic carbocycles. The van der Waals surface area contributed by atoms with E-state index in [1.165, 1.54) is 4.88 Å². The molecule has 1 unspecified atom stereocenters. The van der Waals surface area contributed by atoms with Gasteiger partial charge in [-0.2, -0.15) is 0 Å². The van der Waals surface area contributed by atoms with Crippen molar-refractivity contribution in [1.29, 1.82) is 0 Å². The molecule has 2 aromatic rings. The number of benzene rings is 1. The highest BCUT2D eigenvalue weighted by Gasteiger charge is 2.17. The first kappa shape index (κ1) is 13.0. The van der Waals surface area contributed by atoms with Crippen molar-refractivity contribution in [2.75, 3.05) is 6.61 Å². The predicted octanol–water partition coefficient (Wildman–Crippen LogP) is 3.50. The van der Waals surface area contributed by atoms with E-state index >= 15 is 0 Å². The molecule has 0 saturated heterocycles. The highest BCUT2D eigenvalue weighted by Crippen LogP contribution is 2.27. The Hall–Kier alpha value is -2.04. The summed E-state index contributed by atoms with van der Waals surface area (Å²) in [5.41, 5.74) is 8.75. The second-order valence-electron chi connectivity index (χ2n) is 4.47. The summed E-state index contributed by atoms with van der Waals surface area (Å²) in [6.45, 7) is 4.17. The molecule has 0 radical (unpaired) electrons. The molecule has 0 fully saturated rings. The van der Waals surface area contributed by atoms with Gasteiger partial charge in [0.1, 0.15) is 12.4 Å². The Kier molecular flexibility index (Phi) is 3.85. The van der Waals surface area contributed by atoms with Crippen LogP contribution < -0.4 is 15.6 Å². The SMILES string of the molecule is C=CCOc1ccc(C2=CC(c3cccs3)NN2)cc1. The van der Waals surface area contributed by atoms with Gasteiger partial charge < -0.3 is 10.2 Å². The minimum atomic E-state index is 0.238. The summed E-state index contributed by atoms with van der Waals surface area (Å²) in [6.07, 6.45) is 3.94. The molecular weight excluding hydrogens is 268 g/mol. The summed E-state index contributed by atoms with van der Waals surface area (Å²) in [5, 5.41) is 2.09. The monoisotopic (exact) mass is 284 g/mol. The Morgan fingerprint density at radius 2 is 2.10 bits per heavy atom. The van der Waals surface area contributed by atoms with E-state index in [0.29, 0.717) is 6.61 Å². The van der Waals surface area contributed by atoms with Gasteiger partial charge in [-0.05, 0) is 47.4 Å². The number of hydrogen-bond donors (Lipinski definition) is 2. The van der Waals surface area contributed by atoms with Crippen LogP contribution in [0.5, 0.6) is 5.75 Å². The molecule has 0 bridgehead atoms. The van der Waals surface area contributed by atoms with Crippen molar-refractivity contribution in [2.24, 2.45) is 0 Å². The lowest BCUT2D eigenvalue weighted by Gasteiger charge is -2.07. The van der Waals surface area contributed by atoms with Crippen LogP contribution in [-0.2, 0) is 0 Å². The van der Waals surface area contributed by atoms with Crippen LogP contribution in [0.3, 0.4) is 0 Å². The maximum Gasteiger partial charge on any atom is 0.119 e. The molecule has 3 rings (SSSR count). The second-order valence-corrected chi connectivity index (χ2v) is 5.45. The molecule has 20 heavy (non-hydrogen) atoms. The third kappa shape index (κ3) is 2.76. The van der Waals surface area contributed by atoms with Crippen LogP contribution in [0.4, 0.5) is 0 Å². The maximum absolute atomic E-state index is 5.48. The number of rotatable bonds is 5. The average molecular weight is 284 g/mol. The van der Waals surface area contributed by atoms with Crippen LogP contribution >= 0.6 is 11.3 Å². The summed E-state index contributed by atoms with van der Waals surface area (Å²) in [7, 11) is 0. The minimum Gasteiger partial charge on any atom is -0.490 e. The van der Waals surface area contributed by atoms with Crippen molar-refractivity contribution in [2.45, 2.75) is 6.04 Å². The summed E-state index contributed by atoms with van der Waals surface area (Å²) in [4.78, 5) is 1.30. The Morgan fingerprint density at radius 1 is 1.25 bits per heavy atom. The number of ether oxygens (including phenoxy) is 1. The molecule has 0 amide bonds. The number of thiophene rings is 1. The summed E-state index contributed by atoms with van der Waals surface area (Å²) < 4.78 is 5.48. The van der Waals surface area contributed by atoms with Crippen LogP contribution in [-0.4, -0.2) is 6.61 Å². The smallest absolute Gasteiger partial charge is 0.119 e. The lowest BCUT2D eigenvalue weighted by Crippen LogP contribution is -2.25. The molecule has 3 nitrogen and oxygen atoms in total. The number of hydrazine groups is 1. The van der Waals surface area contributed by atoms with Gasteiger partial charge >= 0.3 is 0 Å². The summed E-state index contributed by atoms with van der Waals surface area (Å²) in [6, 6.07) is 12.5. The van der Waals surface area contributed by atoms with Crippen molar-refractivity contribution in [1.82, 2.24) is 10.9 Å². The van der Waals surface area contributed by atoms with Crippen molar-refractivity contribution in [3.63, 3.8) is 0 Å². The van der Waals surface area contributed by atoms with E-state index in [1.54, 1.807) is 17.4 Å². The zero-order valence-corrected chi connectivity index (χ0v) is 11.8. The Balaban J connectivity index is 1.73. The van der Waals surface area contributed by atoms with Crippen LogP contribution in [0.25, 0.3) is 5.70 Å². The zero-order chi connectivity index (χ0) is 13.8. The van der Waals surface area contributed by atoms with Gasteiger partial charge in [-0.15, -0.1) is 11.3 Å². The molecule has 1 aliphatic heterocycles. The quantitative estimate of drug-likeness (QED) is 0.824. The lowest BCUT2D eigenvalue weighted by atomic mass is 10.1. The van der Waals surface area contributed by atoms with Crippen LogP contribution in [0.1, 0.15) is 16.5 Å². The van der Waals surface area contributed by atoms with Gasteiger partial charge in [0, 0.05) is 4.88 Å². The van der Waals surface area contributed by atoms with E-state index in [-0.39, 0.29) is 6.04 Å². The highest BCUT2D eigenvalue weighted by molar-refractivity contribution is 7.10. The van der Waals surface area contributed by atoms with Crippen molar-refractivity contribution in [3.05, 3.63) is 70.9 Å². The Morgan fingerprint density at radius 3 is 2.80 bits per heavy atom. The fourth-order valence-electron chi connectivity index (χ4n) is 2.08. The van der Waals surface area contributed by atoms with E-state index in [2.05, 4.69) is 53.2 Å². The predicted molar refractivity (Wildman–Crippen MR) is 83.4 cm³/mol. The van der Waals surface area contributed by atoms with Crippen LogP contribution in [0.15, 0.2) is 60.5 Å². The molecule has 102 valence electrons. The van der Waals surface area contributed by atoms with Crippen LogP contribution in [0, 0.1) is 0 Å². The molecular formula is C16H16N2OS. The standard InChI is InChI=1S/C16H16N2OS/c1-2-9-19-13-7-5-12(6-8-13)14-11-15(18-17-14)16-4-3-10-20-16/h2-8,10-11,15,17-18H,1,9H2.